The first kappa shape index (κ1) is 32.4. The summed E-state index contributed by atoms with van der Waals surface area (Å²) in [5, 5.41) is 7.46. The zero-order valence-electron chi connectivity index (χ0n) is 31.1. The minimum atomic E-state index is -0.548. The van der Waals surface area contributed by atoms with Crippen LogP contribution >= 0.6 is 11.8 Å². The molecule has 0 aromatic heterocycles. The van der Waals surface area contributed by atoms with E-state index in [9.17, 15) is 0 Å². The molecule has 1 aliphatic heterocycles. The second kappa shape index (κ2) is 12.6. The topological polar surface area (TPSA) is 3.24 Å². The third kappa shape index (κ3) is 4.72. The van der Waals surface area contributed by atoms with Crippen molar-refractivity contribution >= 4 is 61.1 Å². The molecule has 0 N–H and O–H groups in total. The SMILES string of the molecule is c1ccc(-c2cc3ccccc3cc2N(c2ccc3c(c2)C2(c4ccccc4Sc4ccccc42)c2cccc4cccc-3c24)c2cccc3ccccc23)cc1. The number of rotatable bonds is 4. The average Bonchev–Trinajstić information content (AvgIpc) is 3.28. The molecule has 2 heteroatoms. The summed E-state index contributed by atoms with van der Waals surface area (Å²) in [6.45, 7) is 0. The summed E-state index contributed by atoms with van der Waals surface area (Å²) in [5.41, 5.74) is 13.1. The molecule has 57 heavy (non-hydrogen) atoms. The van der Waals surface area contributed by atoms with Crippen LogP contribution in [0.25, 0.3) is 54.6 Å². The predicted molar refractivity (Wildman–Crippen MR) is 241 cm³/mol. The van der Waals surface area contributed by atoms with Crippen LogP contribution in [-0.4, -0.2) is 0 Å². The van der Waals surface area contributed by atoms with Crippen molar-refractivity contribution in [2.75, 3.05) is 4.90 Å². The van der Waals surface area contributed by atoms with Crippen molar-refractivity contribution in [3.05, 3.63) is 235 Å². The molecule has 2 aliphatic rings. The van der Waals surface area contributed by atoms with Gasteiger partial charge in [-0.3, -0.25) is 0 Å². The van der Waals surface area contributed by atoms with Gasteiger partial charge in [0.15, 0.2) is 0 Å². The smallest absolute Gasteiger partial charge is 0.0736 e. The number of benzene rings is 10. The minimum Gasteiger partial charge on any atom is -0.309 e. The highest BCUT2D eigenvalue weighted by molar-refractivity contribution is 7.99. The lowest BCUT2D eigenvalue weighted by molar-refractivity contribution is 0.707. The van der Waals surface area contributed by atoms with Crippen LogP contribution in [-0.2, 0) is 5.41 Å². The van der Waals surface area contributed by atoms with Gasteiger partial charge in [0.05, 0.1) is 16.8 Å². The van der Waals surface area contributed by atoms with Crippen molar-refractivity contribution in [2.24, 2.45) is 0 Å². The molecule has 1 heterocycles. The number of hydrogen-bond acceptors (Lipinski definition) is 2. The molecule has 0 saturated carbocycles. The molecule has 12 rings (SSSR count). The number of fused-ring (bicyclic) bond motifs is 10. The fourth-order valence-electron chi connectivity index (χ4n) is 9.89. The largest absolute Gasteiger partial charge is 0.309 e. The monoisotopic (exact) mass is 741 g/mol. The molecule has 1 nitrogen and oxygen atoms in total. The molecule has 0 atom stereocenters. The third-order valence-electron chi connectivity index (χ3n) is 12.3. The van der Waals surface area contributed by atoms with Gasteiger partial charge in [0.25, 0.3) is 0 Å². The molecule has 0 unspecified atom stereocenters. The summed E-state index contributed by atoms with van der Waals surface area (Å²) in [6, 6.07) is 79.2. The maximum Gasteiger partial charge on any atom is 0.0736 e. The van der Waals surface area contributed by atoms with E-state index >= 15 is 0 Å². The molecule has 10 aromatic carbocycles. The third-order valence-corrected chi connectivity index (χ3v) is 13.4. The summed E-state index contributed by atoms with van der Waals surface area (Å²) in [7, 11) is 0. The van der Waals surface area contributed by atoms with Gasteiger partial charge < -0.3 is 4.90 Å². The molecule has 0 radical (unpaired) electrons. The zero-order valence-corrected chi connectivity index (χ0v) is 31.9. The second-order valence-electron chi connectivity index (χ2n) is 15.2. The van der Waals surface area contributed by atoms with Crippen molar-refractivity contribution in [3.63, 3.8) is 0 Å². The molecule has 10 aromatic rings. The molecular formula is C55H35NS. The number of hydrogen-bond donors (Lipinski definition) is 0. The van der Waals surface area contributed by atoms with Gasteiger partial charge in [-0.1, -0.05) is 182 Å². The molecule has 0 amide bonds. The van der Waals surface area contributed by atoms with Gasteiger partial charge in [0.1, 0.15) is 0 Å². The van der Waals surface area contributed by atoms with Crippen molar-refractivity contribution in [1.29, 1.82) is 0 Å². The first-order valence-corrected chi connectivity index (χ1v) is 20.5. The van der Waals surface area contributed by atoms with Crippen LogP contribution in [0.15, 0.2) is 222 Å². The molecule has 266 valence electrons. The van der Waals surface area contributed by atoms with Gasteiger partial charge in [-0.25, -0.2) is 0 Å². The lowest BCUT2D eigenvalue weighted by Gasteiger charge is -2.46. The van der Waals surface area contributed by atoms with E-state index in [-0.39, 0.29) is 0 Å². The molecule has 0 fully saturated rings. The Hall–Kier alpha value is -6.87. The molecule has 1 aliphatic carbocycles. The zero-order chi connectivity index (χ0) is 37.5. The summed E-state index contributed by atoms with van der Waals surface area (Å²) < 4.78 is 0. The van der Waals surface area contributed by atoms with Gasteiger partial charge in [-0.15, -0.1) is 0 Å². The highest BCUT2D eigenvalue weighted by Crippen LogP contribution is 2.62. The number of nitrogens with zero attached hydrogens (tertiary/aromatic N) is 1. The maximum absolute atomic E-state index is 2.53. The summed E-state index contributed by atoms with van der Waals surface area (Å²) >= 11 is 1.89. The average molecular weight is 742 g/mol. The summed E-state index contributed by atoms with van der Waals surface area (Å²) in [6.07, 6.45) is 0. The Morgan fingerprint density at radius 3 is 1.74 bits per heavy atom. The second-order valence-corrected chi connectivity index (χ2v) is 16.3. The molecular weight excluding hydrogens is 707 g/mol. The highest BCUT2D eigenvalue weighted by atomic mass is 32.2. The van der Waals surface area contributed by atoms with E-state index < -0.39 is 5.41 Å². The first-order valence-electron chi connectivity index (χ1n) is 19.7. The first-order chi connectivity index (χ1) is 28.3. The Bertz CT molecular complexity index is 3180. The minimum absolute atomic E-state index is 0.548. The van der Waals surface area contributed by atoms with Crippen LogP contribution in [0.1, 0.15) is 22.3 Å². The Morgan fingerprint density at radius 1 is 0.351 bits per heavy atom. The summed E-state index contributed by atoms with van der Waals surface area (Å²) in [5.74, 6) is 0. The van der Waals surface area contributed by atoms with E-state index in [4.69, 9.17) is 0 Å². The van der Waals surface area contributed by atoms with Crippen LogP contribution in [0.4, 0.5) is 17.1 Å². The summed E-state index contributed by atoms with van der Waals surface area (Å²) in [4.78, 5) is 5.13. The quantitative estimate of drug-likeness (QED) is 0.177. The molecule has 1 spiro atoms. The van der Waals surface area contributed by atoms with E-state index in [1.807, 2.05) is 11.8 Å². The van der Waals surface area contributed by atoms with Gasteiger partial charge in [-0.05, 0) is 108 Å². The molecule has 0 bridgehead atoms. The van der Waals surface area contributed by atoms with Gasteiger partial charge in [-0.2, -0.15) is 0 Å². The van der Waals surface area contributed by atoms with Gasteiger partial charge in [0, 0.05) is 26.4 Å². The van der Waals surface area contributed by atoms with Crippen molar-refractivity contribution < 1.29 is 0 Å². The van der Waals surface area contributed by atoms with E-state index in [1.54, 1.807) is 0 Å². The van der Waals surface area contributed by atoms with Crippen LogP contribution < -0.4 is 4.90 Å². The maximum atomic E-state index is 2.53. The normalized spacial score (nSPS) is 13.3. The van der Waals surface area contributed by atoms with Crippen LogP contribution in [0.2, 0.25) is 0 Å². The van der Waals surface area contributed by atoms with Crippen molar-refractivity contribution in [1.82, 2.24) is 0 Å². The van der Waals surface area contributed by atoms with E-state index in [1.165, 1.54) is 86.6 Å². The number of anilines is 3. The predicted octanol–water partition coefficient (Wildman–Crippen LogP) is 15.1. The van der Waals surface area contributed by atoms with Crippen molar-refractivity contribution in [2.45, 2.75) is 15.2 Å². The van der Waals surface area contributed by atoms with E-state index in [0.717, 1.165) is 17.1 Å². The molecule has 0 saturated heterocycles. The fraction of sp³-hybridized carbons (Fsp3) is 0.0182. The van der Waals surface area contributed by atoms with Crippen LogP contribution in [0, 0.1) is 0 Å². The van der Waals surface area contributed by atoms with Gasteiger partial charge >= 0.3 is 0 Å². The van der Waals surface area contributed by atoms with Crippen LogP contribution in [0.3, 0.4) is 0 Å². The highest BCUT2D eigenvalue weighted by Gasteiger charge is 2.48. The van der Waals surface area contributed by atoms with Crippen LogP contribution in [0.5, 0.6) is 0 Å². The Kier molecular flexibility index (Phi) is 7.14. The lowest BCUT2D eigenvalue weighted by Crippen LogP contribution is -2.36. The van der Waals surface area contributed by atoms with Crippen molar-refractivity contribution in [3.8, 4) is 22.3 Å². The van der Waals surface area contributed by atoms with Gasteiger partial charge in [0.2, 0.25) is 0 Å². The lowest BCUT2D eigenvalue weighted by atomic mass is 9.59. The Balaban J connectivity index is 1.24. The fourth-order valence-corrected chi connectivity index (χ4v) is 11.1. The Morgan fingerprint density at radius 2 is 0.947 bits per heavy atom. The standard InChI is InChI=1S/C55H35NS/c1-2-15-37(16-3-1)45-33-39-18-4-5-19-40(39)34-51(45)56(50-28-14-20-36-17-6-7-23-42(36)50)41-31-32-43-44-24-12-21-38-22-13-27-48(54(38)44)55(49(43)35-41)46-25-8-10-29-52(46)57-53-30-11-9-26-47(53)55/h1-35H. The van der Waals surface area contributed by atoms with E-state index in [0.29, 0.717) is 0 Å². The van der Waals surface area contributed by atoms with E-state index in [2.05, 4.69) is 217 Å². The Labute approximate surface area is 336 Å².